The normalized spacial score (nSPS) is 15.6. The second kappa shape index (κ2) is 11.7. The number of nitrogens with one attached hydrogen (secondary N) is 1. The molecule has 0 aromatic rings. The van der Waals surface area contributed by atoms with E-state index in [-0.39, 0.29) is 18.0 Å². The molecular weight excluding hydrogens is 272 g/mol. The van der Waals surface area contributed by atoms with Crippen molar-refractivity contribution < 1.29 is 14.5 Å². The zero-order valence-corrected chi connectivity index (χ0v) is 13.6. The summed E-state index contributed by atoms with van der Waals surface area (Å²) in [6.07, 6.45) is 1.57. The third-order valence-corrected chi connectivity index (χ3v) is 2.61. The molecule has 0 aromatic carbocycles. The first-order chi connectivity index (χ1) is 10.0. The van der Waals surface area contributed by atoms with Crippen LogP contribution >= 0.6 is 0 Å². The zero-order chi connectivity index (χ0) is 17.0. The lowest BCUT2D eigenvalue weighted by molar-refractivity contribution is -0.420. The minimum absolute atomic E-state index is 0.0863. The van der Waals surface area contributed by atoms with Gasteiger partial charge in [0, 0.05) is 18.2 Å². The molecule has 1 unspecified atom stereocenters. The van der Waals surface area contributed by atoms with Crippen molar-refractivity contribution in [2.24, 2.45) is 5.92 Å². The van der Waals surface area contributed by atoms with E-state index in [1.165, 1.54) is 13.2 Å². The molecule has 1 N–H and O–H groups in total. The van der Waals surface area contributed by atoms with E-state index in [4.69, 9.17) is 0 Å². The van der Waals surface area contributed by atoms with Gasteiger partial charge in [-0.3, -0.25) is 14.9 Å². The van der Waals surface area contributed by atoms with E-state index < -0.39 is 10.9 Å². The maximum Gasteiger partial charge on any atom is 0.306 e. The zero-order valence-electron chi connectivity index (χ0n) is 13.6. The third-order valence-electron chi connectivity index (χ3n) is 2.61. The highest BCUT2D eigenvalue weighted by Gasteiger charge is 2.33. The predicted molar refractivity (Wildman–Crippen MR) is 84.2 cm³/mol. The Morgan fingerprint density at radius 2 is 2.00 bits per heavy atom. The van der Waals surface area contributed by atoms with Crippen molar-refractivity contribution in [1.29, 1.82) is 0 Å². The predicted octanol–water partition coefficient (Wildman–Crippen LogP) is 3.05. The highest BCUT2D eigenvalue weighted by molar-refractivity contribution is 5.70. The van der Waals surface area contributed by atoms with Crippen LogP contribution in [0.5, 0.6) is 0 Å². The average Bonchev–Trinajstić information content (AvgIpc) is 2.92. The topological polar surface area (TPSA) is 81.5 Å². The molecule has 120 valence electrons. The lowest BCUT2D eigenvalue weighted by Gasteiger charge is -2.09. The number of hydrogen-bond donors (Lipinski definition) is 1. The molecule has 6 nitrogen and oxygen atoms in total. The van der Waals surface area contributed by atoms with Crippen molar-refractivity contribution >= 4 is 5.97 Å². The number of rotatable bonds is 5. The van der Waals surface area contributed by atoms with Gasteiger partial charge in [0.05, 0.1) is 24.0 Å². The Balaban J connectivity index is 0. The van der Waals surface area contributed by atoms with Gasteiger partial charge in [0.1, 0.15) is 0 Å². The fourth-order valence-electron chi connectivity index (χ4n) is 1.78. The molecule has 1 heterocycles. The summed E-state index contributed by atoms with van der Waals surface area (Å²) >= 11 is 0. The molecule has 0 bridgehead atoms. The number of nitrogens with zero attached hydrogens (tertiary/aromatic N) is 1. The van der Waals surface area contributed by atoms with Gasteiger partial charge in [0.25, 0.3) is 5.70 Å². The van der Waals surface area contributed by atoms with Crippen molar-refractivity contribution in [3.63, 3.8) is 0 Å². The van der Waals surface area contributed by atoms with Crippen LogP contribution in [0.2, 0.25) is 0 Å². The number of ether oxygens (including phenoxy) is 1. The minimum Gasteiger partial charge on any atom is -0.469 e. The van der Waals surface area contributed by atoms with Crippen molar-refractivity contribution in [3.8, 4) is 0 Å². The van der Waals surface area contributed by atoms with Gasteiger partial charge in [0.15, 0.2) is 0 Å². The van der Waals surface area contributed by atoms with E-state index in [2.05, 4.69) is 23.2 Å². The summed E-state index contributed by atoms with van der Waals surface area (Å²) in [4.78, 5) is 21.4. The summed E-state index contributed by atoms with van der Waals surface area (Å²) in [5.74, 6) is -0.705. The van der Waals surface area contributed by atoms with Gasteiger partial charge in [0.2, 0.25) is 0 Å². The van der Waals surface area contributed by atoms with Gasteiger partial charge in [-0.15, -0.1) is 0 Å². The van der Waals surface area contributed by atoms with E-state index in [9.17, 15) is 14.9 Å². The van der Waals surface area contributed by atoms with Crippen LogP contribution in [-0.4, -0.2) is 24.5 Å². The van der Waals surface area contributed by atoms with Crippen LogP contribution in [-0.2, 0) is 9.53 Å². The minimum atomic E-state index is -0.559. The molecule has 0 spiro atoms. The lowest BCUT2D eigenvalue weighted by Crippen LogP contribution is -2.18. The Morgan fingerprint density at radius 3 is 2.38 bits per heavy atom. The summed E-state index contributed by atoms with van der Waals surface area (Å²) < 4.78 is 4.55. The van der Waals surface area contributed by atoms with E-state index >= 15 is 0 Å². The summed E-state index contributed by atoms with van der Waals surface area (Å²) in [5.41, 5.74) is 0.773. The molecular formula is C15H26N2O4. The van der Waals surface area contributed by atoms with E-state index in [1.807, 2.05) is 27.7 Å². The fourth-order valence-corrected chi connectivity index (χ4v) is 1.78. The van der Waals surface area contributed by atoms with Crippen LogP contribution in [0.3, 0.4) is 0 Å². The number of allylic oxidation sites excluding steroid dienone is 2. The Labute approximate surface area is 126 Å². The Kier molecular flexibility index (Phi) is 11.8. The number of hydrogen-bond acceptors (Lipinski definition) is 5. The van der Waals surface area contributed by atoms with Gasteiger partial charge < -0.3 is 10.1 Å². The smallest absolute Gasteiger partial charge is 0.306 e. The number of esters is 1. The molecule has 1 aliphatic heterocycles. The molecule has 0 saturated heterocycles. The van der Waals surface area contributed by atoms with E-state index in [0.717, 1.165) is 0 Å². The first-order valence-electron chi connectivity index (χ1n) is 7.02. The quantitative estimate of drug-likeness (QED) is 0.479. The average molecular weight is 298 g/mol. The first-order valence-corrected chi connectivity index (χ1v) is 7.02. The van der Waals surface area contributed by atoms with Crippen molar-refractivity contribution in [2.45, 2.75) is 34.1 Å². The Morgan fingerprint density at radius 1 is 1.48 bits per heavy atom. The molecule has 0 aliphatic carbocycles. The van der Waals surface area contributed by atoms with Crippen LogP contribution < -0.4 is 5.32 Å². The first kappa shape index (κ1) is 21.2. The van der Waals surface area contributed by atoms with Crippen LogP contribution in [0.25, 0.3) is 0 Å². The number of methoxy groups -OCH3 is 1. The molecule has 1 aliphatic rings. The van der Waals surface area contributed by atoms with E-state index in [0.29, 0.717) is 17.8 Å². The molecule has 0 radical (unpaired) electrons. The van der Waals surface area contributed by atoms with Crippen molar-refractivity contribution in [1.82, 2.24) is 5.32 Å². The SMILES string of the molecule is C=CC1=C(C(=C)[N+](=O)[O-])C(CC(=O)OC)CN1.CC.CC. The number of carbonyl (C=O) groups excluding carboxylic acids is 1. The van der Waals surface area contributed by atoms with Gasteiger partial charge in [-0.25, -0.2) is 0 Å². The van der Waals surface area contributed by atoms with Crippen LogP contribution in [0.15, 0.2) is 36.2 Å². The van der Waals surface area contributed by atoms with Gasteiger partial charge in [-0.2, -0.15) is 0 Å². The summed E-state index contributed by atoms with van der Waals surface area (Å²) in [6, 6.07) is 0. The summed E-state index contributed by atoms with van der Waals surface area (Å²) in [5, 5.41) is 13.7. The maximum atomic E-state index is 11.2. The van der Waals surface area contributed by atoms with Crippen molar-refractivity contribution in [2.75, 3.05) is 13.7 Å². The van der Waals surface area contributed by atoms with Gasteiger partial charge in [-0.05, 0) is 12.7 Å². The van der Waals surface area contributed by atoms with Gasteiger partial charge >= 0.3 is 5.97 Å². The van der Waals surface area contributed by atoms with Gasteiger partial charge in [-0.1, -0.05) is 34.3 Å². The molecule has 6 heteroatoms. The fraction of sp³-hybridized carbons (Fsp3) is 0.533. The lowest BCUT2D eigenvalue weighted by atomic mass is 9.95. The largest absolute Gasteiger partial charge is 0.469 e. The van der Waals surface area contributed by atoms with E-state index in [1.54, 1.807) is 0 Å². The van der Waals surface area contributed by atoms with Crippen LogP contribution in [0.1, 0.15) is 34.1 Å². The van der Waals surface area contributed by atoms with Crippen molar-refractivity contribution in [3.05, 3.63) is 46.3 Å². The second-order valence-corrected chi connectivity index (χ2v) is 3.59. The molecule has 0 saturated carbocycles. The number of carbonyl (C=O) groups is 1. The highest BCUT2D eigenvalue weighted by atomic mass is 16.6. The summed E-state index contributed by atoms with van der Waals surface area (Å²) in [7, 11) is 1.28. The molecule has 1 atom stereocenters. The molecule has 0 fully saturated rings. The molecule has 0 amide bonds. The number of nitro groups is 1. The maximum absolute atomic E-state index is 11.2. The van der Waals surface area contributed by atoms with Crippen LogP contribution in [0.4, 0.5) is 0 Å². The second-order valence-electron chi connectivity index (χ2n) is 3.59. The third kappa shape index (κ3) is 6.25. The van der Waals surface area contributed by atoms with Crippen LogP contribution in [0, 0.1) is 16.0 Å². The highest BCUT2D eigenvalue weighted by Crippen LogP contribution is 2.30. The standard InChI is InChI=1S/C11H14N2O4.2C2H6/c1-4-9-11(7(2)13(15)16)8(6-12-9)5-10(14)17-3;2*1-2/h4,8,12H,1-2,5-6H2,3H3;2*1-2H3. The molecule has 21 heavy (non-hydrogen) atoms. The monoisotopic (exact) mass is 298 g/mol. The summed E-state index contributed by atoms with van der Waals surface area (Å²) in [6.45, 7) is 15.4. The Hall–Kier alpha value is -2.11. The Bertz CT molecular complexity index is 414. The molecule has 1 rings (SSSR count). The molecule has 0 aromatic heterocycles.